The first kappa shape index (κ1) is 15.1. The van der Waals surface area contributed by atoms with Gasteiger partial charge in [0.05, 0.1) is 0 Å². The first-order valence-electron chi connectivity index (χ1n) is 7.26. The smallest absolute Gasteiger partial charge is 0.101 e. The molecule has 0 radical (unpaired) electrons. The van der Waals surface area contributed by atoms with Crippen LogP contribution < -0.4 is 5.32 Å². The van der Waals surface area contributed by atoms with Crippen molar-refractivity contribution in [3.63, 3.8) is 0 Å². The first-order valence-corrected chi connectivity index (χ1v) is 8.08. The zero-order valence-corrected chi connectivity index (χ0v) is 13.0. The van der Waals surface area contributed by atoms with Crippen molar-refractivity contribution < 1.29 is 0 Å². The molecule has 2 nitrogen and oxygen atoms in total. The molecule has 1 aromatic heterocycles. The molecule has 1 heterocycles. The summed E-state index contributed by atoms with van der Waals surface area (Å²) in [5.41, 5.74) is 1.37. The number of nitrogens with one attached hydrogen (secondary N) is 1. The summed E-state index contributed by atoms with van der Waals surface area (Å²) in [6, 6.07) is 15.1. The lowest BCUT2D eigenvalue weighted by molar-refractivity contribution is 0.512. The van der Waals surface area contributed by atoms with Crippen LogP contribution in [0, 0.1) is 0 Å². The predicted octanol–water partition coefficient (Wildman–Crippen LogP) is 4.68. The van der Waals surface area contributed by atoms with Crippen LogP contribution in [0.2, 0.25) is 0 Å². The molecule has 0 aliphatic rings. The third-order valence-corrected chi connectivity index (χ3v) is 4.24. The van der Waals surface area contributed by atoms with Crippen molar-refractivity contribution in [1.29, 1.82) is 0 Å². The Kier molecular flexibility index (Phi) is 6.09. The Bertz CT molecular complexity index is 513. The SMILES string of the molecule is CCCNC(CC)c1ccccc1Sc1ccccn1. The van der Waals surface area contributed by atoms with Crippen molar-refractivity contribution in [1.82, 2.24) is 10.3 Å². The Morgan fingerprint density at radius 1 is 1.10 bits per heavy atom. The fourth-order valence-electron chi connectivity index (χ4n) is 2.17. The highest BCUT2D eigenvalue weighted by atomic mass is 32.2. The van der Waals surface area contributed by atoms with Crippen LogP contribution in [0.4, 0.5) is 0 Å². The molecular formula is C17H22N2S. The molecule has 2 aromatic rings. The second-order valence-electron chi connectivity index (χ2n) is 4.72. The Balaban J connectivity index is 2.20. The largest absolute Gasteiger partial charge is 0.310 e. The maximum absolute atomic E-state index is 4.41. The van der Waals surface area contributed by atoms with E-state index in [1.54, 1.807) is 11.8 Å². The van der Waals surface area contributed by atoms with E-state index in [4.69, 9.17) is 0 Å². The van der Waals surface area contributed by atoms with Gasteiger partial charge in [0.1, 0.15) is 5.03 Å². The van der Waals surface area contributed by atoms with Gasteiger partial charge in [-0.25, -0.2) is 4.98 Å². The minimum absolute atomic E-state index is 0.419. The van der Waals surface area contributed by atoms with E-state index in [0.29, 0.717) is 6.04 Å². The van der Waals surface area contributed by atoms with Crippen LogP contribution in [-0.4, -0.2) is 11.5 Å². The Morgan fingerprint density at radius 3 is 2.60 bits per heavy atom. The van der Waals surface area contributed by atoms with Crippen LogP contribution >= 0.6 is 11.8 Å². The summed E-state index contributed by atoms with van der Waals surface area (Å²) in [6.07, 6.45) is 4.10. The third kappa shape index (κ3) is 4.09. The van der Waals surface area contributed by atoms with Crippen molar-refractivity contribution in [3.8, 4) is 0 Å². The van der Waals surface area contributed by atoms with Gasteiger partial charge in [-0.3, -0.25) is 0 Å². The molecule has 1 unspecified atom stereocenters. The summed E-state index contributed by atoms with van der Waals surface area (Å²) in [4.78, 5) is 5.70. The van der Waals surface area contributed by atoms with E-state index >= 15 is 0 Å². The molecule has 0 bridgehead atoms. The third-order valence-electron chi connectivity index (χ3n) is 3.20. The highest BCUT2D eigenvalue weighted by molar-refractivity contribution is 7.99. The molecule has 0 saturated heterocycles. The minimum atomic E-state index is 0.419. The fourth-order valence-corrected chi connectivity index (χ4v) is 3.13. The van der Waals surface area contributed by atoms with Gasteiger partial charge >= 0.3 is 0 Å². The van der Waals surface area contributed by atoms with Crippen LogP contribution in [-0.2, 0) is 0 Å². The number of hydrogen-bond donors (Lipinski definition) is 1. The van der Waals surface area contributed by atoms with Crippen molar-refractivity contribution in [2.75, 3.05) is 6.54 Å². The molecular weight excluding hydrogens is 264 g/mol. The van der Waals surface area contributed by atoms with Gasteiger partial charge in [0.25, 0.3) is 0 Å². The second-order valence-corrected chi connectivity index (χ2v) is 5.79. The van der Waals surface area contributed by atoms with E-state index in [1.165, 1.54) is 10.5 Å². The summed E-state index contributed by atoms with van der Waals surface area (Å²) in [6.45, 7) is 5.49. The fraction of sp³-hybridized carbons (Fsp3) is 0.353. The highest BCUT2D eigenvalue weighted by Gasteiger charge is 2.13. The Labute approximate surface area is 126 Å². The van der Waals surface area contributed by atoms with Gasteiger partial charge < -0.3 is 5.32 Å². The van der Waals surface area contributed by atoms with Crippen molar-refractivity contribution in [2.45, 2.75) is 42.7 Å². The normalized spacial score (nSPS) is 12.3. The second kappa shape index (κ2) is 8.08. The number of rotatable bonds is 7. The maximum atomic E-state index is 4.41. The average molecular weight is 286 g/mol. The lowest BCUT2D eigenvalue weighted by Crippen LogP contribution is -2.21. The summed E-state index contributed by atoms with van der Waals surface area (Å²) < 4.78 is 0. The van der Waals surface area contributed by atoms with E-state index in [2.05, 4.69) is 54.5 Å². The van der Waals surface area contributed by atoms with E-state index in [-0.39, 0.29) is 0 Å². The lowest BCUT2D eigenvalue weighted by Gasteiger charge is -2.20. The van der Waals surface area contributed by atoms with Crippen molar-refractivity contribution >= 4 is 11.8 Å². The molecule has 1 atom stereocenters. The highest BCUT2D eigenvalue weighted by Crippen LogP contribution is 2.33. The van der Waals surface area contributed by atoms with Gasteiger partial charge in [0.15, 0.2) is 0 Å². The van der Waals surface area contributed by atoms with E-state index in [1.807, 2.05) is 18.3 Å². The minimum Gasteiger partial charge on any atom is -0.310 e. The Hall–Kier alpha value is -1.32. The van der Waals surface area contributed by atoms with Gasteiger partial charge in [-0.15, -0.1) is 0 Å². The van der Waals surface area contributed by atoms with Gasteiger partial charge in [-0.2, -0.15) is 0 Å². The Morgan fingerprint density at radius 2 is 1.90 bits per heavy atom. The van der Waals surface area contributed by atoms with Crippen LogP contribution in [0.1, 0.15) is 38.3 Å². The van der Waals surface area contributed by atoms with Crippen LogP contribution in [0.25, 0.3) is 0 Å². The number of aromatic nitrogens is 1. The van der Waals surface area contributed by atoms with Crippen LogP contribution in [0.3, 0.4) is 0 Å². The predicted molar refractivity (Wildman–Crippen MR) is 86.1 cm³/mol. The zero-order chi connectivity index (χ0) is 14.2. The standard InChI is InChI=1S/C17H22N2S/c1-3-12-18-15(4-2)14-9-5-6-10-16(14)20-17-11-7-8-13-19-17/h5-11,13,15,18H,3-4,12H2,1-2H3. The van der Waals surface area contributed by atoms with E-state index in [0.717, 1.165) is 24.4 Å². The van der Waals surface area contributed by atoms with Crippen LogP contribution in [0.5, 0.6) is 0 Å². The van der Waals surface area contributed by atoms with Gasteiger partial charge in [0, 0.05) is 17.1 Å². The molecule has 3 heteroatoms. The lowest BCUT2D eigenvalue weighted by atomic mass is 10.0. The summed E-state index contributed by atoms with van der Waals surface area (Å²) >= 11 is 1.74. The maximum Gasteiger partial charge on any atom is 0.101 e. The molecule has 0 amide bonds. The summed E-state index contributed by atoms with van der Waals surface area (Å²) in [7, 11) is 0. The topological polar surface area (TPSA) is 24.9 Å². The zero-order valence-electron chi connectivity index (χ0n) is 12.2. The van der Waals surface area contributed by atoms with Gasteiger partial charge in [-0.1, -0.05) is 49.9 Å². The molecule has 0 saturated carbocycles. The van der Waals surface area contributed by atoms with Crippen molar-refractivity contribution in [2.24, 2.45) is 0 Å². The van der Waals surface area contributed by atoms with Crippen molar-refractivity contribution in [3.05, 3.63) is 54.2 Å². The molecule has 0 aliphatic heterocycles. The molecule has 1 N–H and O–H groups in total. The van der Waals surface area contributed by atoms with E-state index < -0.39 is 0 Å². The number of pyridine rings is 1. The average Bonchev–Trinajstić information content (AvgIpc) is 2.50. The molecule has 0 spiro atoms. The molecule has 0 fully saturated rings. The molecule has 2 rings (SSSR count). The summed E-state index contributed by atoms with van der Waals surface area (Å²) in [5.74, 6) is 0. The van der Waals surface area contributed by atoms with Gasteiger partial charge in [-0.05, 0) is 43.1 Å². The quantitative estimate of drug-likeness (QED) is 0.799. The molecule has 1 aromatic carbocycles. The monoisotopic (exact) mass is 286 g/mol. The molecule has 0 aliphatic carbocycles. The number of nitrogens with zero attached hydrogens (tertiary/aromatic N) is 1. The molecule has 20 heavy (non-hydrogen) atoms. The number of benzene rings is 1. The van der Waals surface area contributed by atoms with Crippen LogP contribution in [0.15, 0.2) is 58.6 Å². The van der Waals surface area contributed by atoms with E-state index in [9.17, 15) is 0 Å². The number of hydrogen-bond acceptors (Lipinski definition) is 3. The van der Waals surface area contributed by atoms with Gasteiger partial charge in [0.2, 0.25) is 0 Å². The summed E-state index contributed by atoms with van der Waals surface area (Å²) in [5, 5.41) is 4.67. The molecule has 106 valence electrons. The first-order chi connectivity index (χ1) is 9.85.